The van der Waals surface area contributed by atoms with Gasteiger partial charge in [0.05, 0.1) is 12.7 Å². The molecular formula is C18H28N2O3. The van der Waals surface area contributed by atoms with E-state index in [4.69, 9.17) is 9.47 Å². The molecule has 1 fully saturated rings. The minimum absolute atomic E-state index is 0.0917. The van der Waals surface area contributed by atoms with Crippen LogP contribution >= 0.6 is 0 Å². The number of carbonyl (C=O) groups is 1. The van der Waals surface area contributed by atoms with Crippen molar-refractivity contribution in [2.45, 2.75) is 40.2 Å². The zero-order chi connectivity index (χ0) is 16.9. The summed E-state index contributed by atoms with van der Waals surface area (Å²) in [6.07, 6.45) is 1.18. The fourth-order valence-electron chi connectivity index (χ4n) is 3.00. The van der Waals surface area contributed by atoms with Gasteiger partial charge >= 0.3 is 6.03 Å². The predicted molar refractivity (Wildman–Crippen MR) is 91.9 cm³/mol. The van der Waals surface area contributed by atoms with Crippen molar-refractivity contribution >= 4 is 11.7 Å². The van der Waals surface area contributed by atoms with Crippen molar-refractivity contribution in [1.82, 2.24) is 5.32 Å². The Morgan fingerprint density at radius 3 is 2.61 bits per heavy atom. The molecule has 1 aromatic carbocycles. The Labute approximate surface area is 138 Å². The Balaban J connectivity index is 1.81. The molecule has 2 rings (SSSR count). The average molecular weight is 320 g/mol. The summed E-state index contributed by atoms with van der Waals surface area (Å²) in [5, 5.41) is 5.80. The minimum atomic E-state index is -0.186. The van der Waals surface area contributed by atoms with Crippen LogP contribution in [0.15, 0.2) is 24.3 Å². The van der Waals surface area contributed by atoms with Crippen LogP contribution < -0.4 is 15.4 Å². The number of hydrogen-bond acceptors (Lipinski definition) is 3. The van der Waals surface area contributed by atoms with E-state index >= 15 is 0 Å². The largest absolute Gasteiger partial charge is 0.494 e. The molecule has 1 saturated heterocycles. The normalized spacial score (nSPS) is 21.0. The molecule has 1 aliphatic heterocycles. The standard InChI is InChI=1S/C18H28N2O3/c1-5-22-15-8-6-14(7-9-15)20-17(21)19-12-13-10-11-23-16(13)18(2,3)4/h6-9,13,16H,5,10-12H2,1-4H3,(H2,19,20,21)/t13-,16+/m1/s1. The molecule has 5 nitrogen and oxygen atoms in total. The van der Waals surface area contributed by atoms with Crippen LogP contribution in [0.3, 0.4) is 0 Å². The lowest BCUT2D eigenvalue weighted by molar-refractivity contribution is 0.00782. The third-order valence-electron chi connectivity index (χ3n) is 4.02. The van der Waals surface area contributed by atoms with Gasteiger partial charge in [-0.25, -0.2) is 4.79 Å². The number of urea groups is 1. The fourth-order valence-corrected chi connectivity index (χ4v) is 3.00. The van der Waals surface area contributed by atoms with Gasteiger partial charge in [0.2, 0.25) is 0 Å². The molecule has 2 N–H and O–H groups in total. The molecule has 0 radical (unpaired) electrons. The molecule has 0 aliphatic carbocycles. The van der Waals surface area contributed by atoms with Crippen molar-refractivity contribution in [2.75, 3.05) is 25.1 Å². The van der Waals surface area contributed by atoms with Gasteiger partial charge in [-0.3, -0.25) is 0 Å². The van der Waals surface area contributed by atoms with E-state index in [2.05, 4.69) is 31.4 Å². The molecule has 0 aromatic heterocycles. The van der Waals surface area contributed by atoms with Crippen molar-refractivity contribution < 1.29 is 14.3 Å². The lowest BCUT2D eigenvalue weighted by Crippen LogP contribution is -2.40. The van der Waals surface area contributed by atoms with Gasteiger partial charge in [-0.2, -0.15) is 0 Å². The van der Waals surface area contributed by atoms with Gasteiger partial charge in [-0.15, -0.1) is 0 Å². The Hall–Kier alpha value is -1.75. The first-order valence-corrected chi connectivity index (χ1v) is 8.29. The Morgan fingerprint density at radius 1 is 1.30 bits per heavy atom. The quantitative estimate of drug-likeness (QED) is 0.870. The highest BCUT2D eigenvalue weighted by Crippen LogP contribution is 2.34. The summed E-state index contributed by atoms with van der Waals surface area (Å²) in [5.74, 6) is 1.16. The van der Waals surface area contributed by atoms with Gasteiger partial charge in [-0.05, 0) is 43.0 Å². The van der Waals surface area contributed by atoms with Gasteiger partial charge in [0.25, 0.3) is 0 Å². The first kappa shape index (κ1) is 17.6. The van der Waals surface area contributed by atoms with Crippen molar-refractivity contribution in [3.63, 3.8) is 0 Å². The van der Waals surface area contributed by atoms with Crippen LogP contribution in [-0.4, -0.2) is 31.9 Å². The molecule has 1 aliphatic rings. The lowest BCUT2D eigenvalue weighted by Gasteiger charge is -2.31. The SMILES string of the molecule is CCOc1ccc(NC(=O)NC[C@H]2CCO[C@@H]2C(C)(C)C)cc1. The zero-order valence-corrected chi connectivity index (χ0v) is 14.5. The van der Waals surface area contributed by atoms with Gasteiger partial charge in [-0.1, -0.05) is 20.8 Å². The topological polar surface area (TPSA) is 59.6 Å². The molecule has 1 heterocycles. The molecule has 0 bridgehead atoms. The number of anilines is 1. The number of ether oxygens (including phenoxy) is 2. The maximum absolute atomic E-state index is 12.0. The highest BCUT2D eigenvalue weighted by Gasteiger charge is 2.37. The molecule has 23 heavy (non-hydrogen) atoms. The van der Waals surface area contributed by atoms with E-state index in [9.17, 15) is 4.79 Å². The summed E-state index contributed by atoms with van der Waals surface area (Å²) in [6, 6.07) is 7.18. The van der Waals surface area contributed by atoms with E-state index in [1.54, 1.807) is 0 Å². The van der Waals surface area contributed by atoms with E-state index in [0.717, 1.165) is 24.5 Å². The lowest BCUT2D eigenvalue weighted by atomic mass is 9.81. The van der Waals surface area contributed by atoms with E-state index in [0.29, 0.717) is 19.1 Å². The number of benzene rings is 1. The van der Waals surface area contributed by atoms with E-state index in [1.807, 2.05) is 31.2 Å². The summed E-state index contributed by atoms with van der Waals surface area (Å²) in [6.45, 7) is 10.5. The van der Waals surface area contributed by atoms with Crippen LogP contribution in [0.4, 0.5) is 10.5 Å². The van der Waals surface area contributed by atoms with Crippen LogP contribution in [0.25, 0.3) is 0 Å². The summed E-state index contributed by atoms with van der Waals surface area (Å²) < 4.78 is 11.2. The molecule has 5 heteroatoms. The van der Waals surface area contributed by atoms with Crippen molar-refractivity contribution in [1.29, 1.82) is 0 Å². The molecule has 2 atom stereocenters. The molecule has 0 unspecified atom stereocenters. The van der Waals surface area contributed by atoms with Crippen molar-refractivity contribution in [3.05, 3.63) is 24.3 Å². The summed E-state index contributed by atoms with van der Waals surface area (Å²) in [5.41, 5.74) is 0.843. The molecule has 2 amide bonds. The first-order chi connectivity index (χ1) is 10.9. The third-order valence-corrected chi connectivity index (χ3v) is 4.02. The molecule has 0 spiro atoms. The second-order valence-corrected chi connectivity index (χ2v) is 7.00. The Morgan fingerprint density at radius 2 is 2.00 bits per heavy atom. The van der Waals surface area contributed by atoms with Gasteiger partial charge in [0.15, 0.2) is 0 Å². The summed E-state index contributed by atoms with van der Waals surface area (Å²) in [4.78, 5) is 12.0. The zero-order valence-electron chi connectivity index (χ0n) is 14.5. The second kappa shape index (κ2) is 7.68. The third kappa shape index (κ3) is 5.13. The van der Waals surface area contributed by atoms with Gasteiger partial charge in [0.1, 0.15) is 5.75 Å². The number of amides is 2. The van der Waals surface area contributed by atoms with Crippen LogP contribution in [0.5, 0.6) is 5.75 Å². The molecule has 0 saturated carbocycles. The highest BCUT2D eigenvalue weighted by atomic mass is 16.5. The van der Waals surface area contributed by atoms with Crippen LogP contribution in [0, 0.1) is 11.3 Å². The van der Waals surface area contributed by atoms with Crippen LogP contribution in [0.2, 0.25) is 0 Å². The first-order valence-electron chi connectivity index (χ1n) is 8.29. The molecule has 128 valence electrons. The van der Waals surface area contributed by atoms with E-state index in [1.165, 1.54) is 0 Å². The Bertz CT molecular complexity index is 508. The van der Waals surface area contributed by atoms with Crippen molar-refractivity contribution in [3.8, 4) is 5.75 Å². The van der Waals surface area contributed by atoms with Crippen molar-refractivity contribution in [2.24, 2.45) is 11.3 Å². The minimum Gasteiger partial charge on any atom is -0.494 e. The predicted octanol–water partition coefficient (Wildman–Crippen LogP) is 3.66. The Kier molecular flexibility index (Phi) is 5.88. The second-order valence-electron chi connectivity index (χ2n) is 7.00. The fraction of sp³-hybridized carbons (Fsp3) is 0.611. The number of carbonyl (C=O) groups excluding carboxylic acids is 1. The molecule has 1 aromatic rings. The number of hydrogen-bond donors (Lipinski definition) is 2. The smallest absolute Gasteiger partial charge is 0.319 e. The monoisotopic (exact) mass is 320 g/mol. The van der Waals surface area contributed by atoms with Crippen LogP contribution in [0.1, 0.15) is 34.1 Å². The van der Waals surface area contributed by atoms with Crippen LogP contribution in [-0.2, 0) is 4.74 Å². The maximum atomic E-state index is 12.0. The van der Waals surface area contributed by atoms with E-state index in [-0.39, 0.29) is 17.6 Å². The van der Waals surface area contributed by atoms with Gasteiger partial charge in [0, 0.05) is 24.8 Å². The maximum Gasteiger partial charge on any atom is 0.319 e. The average Bonchev–Trinajstić information content (AvgIpc) is 2.96. The highest BCUT2D eigenvalue weighted by molar-refractivity contribution is 5.89. The number of rotatable bonds is 5. The number of nitrogens with one attached hydrogen (secondary N) is 2. The summed E-state index contributed by atoms with van der Waals surface area (Å²) >= 11 is 0. The summed E-state index contributed by atoms with van der Waals surface area (Å²) in [7, 11) is 0. The molecular weight excluding hydrogens is 292 g/mol. The van der Waals surface area contributed by atoms with Gasteiger partial charge < -0.3 is 20.1 Å². The van der Waals surface area contributed by atoms with E-state index < -0.39 is 0 Å².